The van der Waals surface area contributed by atoms with Gasteiger partial charge in [0.1, 0.15) is 5.56 Å². The van der Waals surface area contributed by atoms with Gasteiger partial charge in [0.15, 0.2) is 17.9 Å². The Labute approximate surface area is 183 Å². The molecule has 8 heteroatoms. The van der Waals surface area contributed by atoms with Gasteiger partial charge in [-0.15, -0.1) is 11.3 Å². The van der Waals surface area contributed by atoms with Gasteiger partial charge in [0.2, 0.25) is 5.88 Å². The fourth-order valence-electron chi connectivity index (χ4n) is 3.08. The van der Waals surface area contributed by atoms with E-state index in [-0.39, 0.29) is 29.6 Å². The predicted octanol–water partition coefficient (Wildman–Crippen LogP) is 4.49. The maximum Gasteiger partial charge on any atom is 0.257 e. The van der Waals surface area contributed by atoms with E-state index in [2.05, 4.69) is 10.3 Å². The van der Waals surface area contributed by atoms with Crippen molar-refractivity contribution in [2.45, 2.75) is 19.4 Å². The molecule has 1 aromatic carbocycles. The van der Waals surface area contributed by atoms with Gasteiger partial charge in [0, 0.05) is 28.7 Å². The number of halogens is 1. The van der Waals surface area contributed by atoms with Gasteiger partial charge in [-0.2, -0.15) is 0 Å². The molecule has 2 heterocycles. The summed E-state index contributed by atoms with van der Waals surface area (Å²) in [4.78, 5) is 29.4. The number of hydrogen-bond acceptors (Lipinski definition) is 6. The summed E-state index contributed by atoms with van der Waals surface area (Å²) in [5, 5.41) is 4.61. The number of nitrogens with one attached hydrogen (secondary N) is 1. The molecule has 0 spiro atoms. The van der Waals surface area contributed by atoms with E-state index in [0.717, 1.165) is 24.0 Å². The molecular formula is C23H21FN2O4S. The molecule has 1 fully saturated rings. The minimum Gasteiger partial charge on any atom is -0.494 e. The highest BCUT2D eigenvalue weighted by Crippen LogP contribution is 2.33. The van der Waals surface area contributed by atoms with Crippen LogP contribution in [0.4, 0.5) is 4.39 Å². The Morgan fingerprint density at radius 2 is 2.16 bits per heavy atom. The number of pyridine rings is 1. The topological polar surface area (TPSA) is 77.5 Å². The molecule has 1 amide bonds. The highest BCUT2D eigenvalue weighted by molar-refractivity contribution is 7.14. The number of carbonyl (C=O) groups is 2. The maximum absolute atomic E-state index is 13.9. The Balaban J connectivity index is 1.57. The second kappa shape index (κ2) is 9.26. The molecule has 0 aliphatic heterocycles. The molecule has 1 saturated carbocycles. The lowest BCUT2D eigenvalue weighted by Crippen LogP contribution is -2.24. The number of aromatic nitrogens is 1. The molecule has 160 valence electrons. The molecule has 2 aromatic heterocycles. The van der Waals surface area contributed by atoms with Crippen LogP contribution >= 0.6 is 11.3 Å². The molecule has 0 radical (unpaired) electrons. The number of rotatable bonds is 9. The van der Waals surface area contributed by atoms with Gasteiger partial charge in [0.25, 0.3) is 5.91 Å². The number of carbonyl (C=O) groups excluding carboxylic acids is 2. The third-order valence-corrected chi connectivity index (χ3v) is 5.98. The van der Waals surface area contributed by atoms with Crippen LogP contribution in [0.3, 0.4) is 0 Å². The van der Waals surface area contributed by atoms with E-state index in [4.69, 9.17) is 9.47 Å². The zero-order valence-corrected chi connectivity index (χ0v) is 17.7. The van der Waals surface area contributed by atoms with Crippen molar-refractivity contribution in [3.05, 3.63) is 64.4 Å². The van der Waals surface area contributed by atoms with Crippen molar-refractivity contribution in [1.82, 2.24) is 10.3 Å². The minimum atomic E-state index is -0.495. The number of nitrogens with zero attached hydrogens (tertiary/aromatic N) is 1. The van der Waals surface area contributed by atoms with E-state index in [1.54, 1.807) is 24.4 Å². The van der Waals surface area contributed by atoms with Crippen molar-refractivity contribution < 1.29 is 23.5 Å². The van der Waals surface area contributed by atoms with Gasteiger partial charge < -0.3 is 14.8 Å². The largest absolute Gasteiger partial charge is 0.494 e. The first kappa shape index (κ1) is 21.0. The summed E-state index contributed by atoms with van der Waals surface area (Å²) >= 11 is 1.40. The average molecular weight is 440 g/mol. The number of aldehydes is 1. The molecule has 1 aliphatic rings. The monoisotopic (exact) mass is 440 g/mol. The standard InChI is InChI=1S/C23H21FN2O4S/c1-29-20-5-4-15(8-19(20)24)10-25-22(28)18-9-17(21-16(12-27)6-7-31-21)11-26-23(18)30-13-14-2-3-14/h4-9,11-12,14H,2-3,10,13H2,1H3,(H,25,28). The zero-order chi connectivity index (χ0) is 21.8. The van der Waals surface area contributed by atoms with E-state index < -0.39 is 5.82 Å². The molecule has 31 heavy (non-hydrogen) atoms. The Bertz CT molecular complexity index is 1110. The first-order chi connectivity index (χ1) is 15.1. The predicted molar refractivity (Wildman–Crippen MR) is 115 cm³/mol. The van der Waals surface area contributed by atoms with Crippen molar-refractivity contribution in [2.24, 2.45) is 5.92 Å². The van der Waals surface area contributed by atoms with Gasteiger partial charge in [0.05, 0.1) is 13.7 Å². The Kier molecular flexibility index (Phi) is 6.27. The van der Waals surface area contributed by atoms with Crippen molar-refractivity contribution in [3.8, 4) is 22.1 Å². The van der Waals surface area contributed by atoms with Gasteiger partial charge in [-0.3, -0.25) is 9.59 Å². The number of ether oxygens (including phenoxy) is 2. The number of hydrogen-bond donors (Lipinski definition) is 1. The number of thiophene rings is 1. The van der Waals surface area contributed by atoms with Crippen molar-refractivity contribution in [2.75, 3.05) is 13.7 Å². The number of benzene rings is 1. The first-order valence-electron chi connectivity index (χ1n) is 9.85. The summed E-state index contributed by atoms with van der Waals surface area (Å²) in [5.74, 6) is 0.00704. The van der Waals surface area contributed by atoms with Crippen molar-refractivity contribution in [3.63, 3.8) is 0 Å². The molecule has 3 aromatic rings. The highest BCUT2D eigenvalue weighted by atomic mass is 32.1. The van der Waals surface area contributed by atoms with E-state index in [1.165, 1.54) is 30.6 Å². The third kappa shape index (κ3) is 4.91. The van der Waals surface area contributed by atoms with Gasteiger partial charge in [-0.1, -0.05) is 6.07 Å². The van der Waals surface area contributed by atoms with Gasteiger partial charge >= 0.3 is 0 Å². The van der Waals surface area contributed by atoms with Crippen LogP contribution in [0.5, 0.6) is 11.6 Å². The van der Waals surface area contributed by atoms with E-state index >= 15 is 0 Å². The van der Waals surface area contributed by atoms with Crippen LogP contribution in [0, 0.1) is 11.7 Å². The SMILES string of the molecule is COc1ccc(CNC(=O)c2cc(-c3sccc3C=O)cnc2OCC2CC2)cc1F. The van der Waals surface area contributed by atoms with Crippen molar-refractivity contribution in [1.29, 1.82) is 0 Å². The molecule has 4 rings (SSSR count). The maximum atomic E-state index is 13.9. The second-order valence-corrected chi connectivity index (χ2v) is 8.22. The highest BCUT2D eigenvalue weighted by Gasteiger charge is 2.24. The molecule has 1 N–H and O–H groups in total. The van der Waals surface area contributed by atoms with Crippen LogP contribution in [0.1, 0.15) is 39.1 Å². The molecule has 6 nitrogen and oxygen atoms in total. The minimum absolute atomic E-state index is 0.130. The number of amides is 1. The van der Waals surface area contributed by atoms with Crippen LogP contribution in [0.15, 0.2) is 41.9 Å². The first-order valence-corrected chi connectivity index (χ1v) is 10.7. The average Bonchev–Trinajstić information content (AvgIpc) is 3.50. The quantitative estimate of drug-likeness (QED) is 0.496. The molecule has 0 saturated heterocycles. The Morgan fingerprint density at radius 1 is 1.32 bits per heavy atom. The summed E-state index contributed by atoms with van der Waals surface area (Å²) < 4.78 is 24.6. The molecular weight excluding hydrogens is 419 g/mol. The zero-order valence-electron chi connectivity index (χ0n) is 16.9. The fourth-order valence-corrected chi connectivity index (χ4v) is 3.93. The lowest BCUT2D eigenvalue weighted by Gasteiger charge is -2.13. The van der Waals surface area contributed by atoms with E-state index in [1.807, 2.05) is 5.38 Å². The summed E-state index contributed by atoms with van der Waals surface area (Å²) in [6.07, 6.45) is 4.61. The molecule has 1 aliphatic carbocycles. The summed E-state index contributed by atoms with van der Waals surface area (Å²) in [6, 6.07) is 7.92. The number of methoxy groups -OCH3 is 1. The van der Waals surface area contributed by atoms with Gasteiger partial charge in [-0.25, -0.2) is 9.37 Å². The van der Waals surface area contributed by atoms with Crippen LogP contribution in [-0.4, -0.2) is 30.9 Å². The Hall–Kier alpha value is -3.26. The van der Waals surface area contributed by atoms with Crippen LogP contribution in [0.2, 0.25) is 0 Å². The second-order valence-electron chi connectivity index (χ2n) is 7.31. The third-order valence-electron chi connectivity index (χ3n) is 5.00. The molecule has 0 bridgehead atoms. The van der Waals surface area contributed by atoms with Crippen LogP contribution in [-0.2, 0) is 6.54 Å². The lowest BCUT2D eigenvalue weighted by molar-refractivity contribution is 0.0945. The molecule has 0 unspecified atom stereocenters. The van der Waals surface area contributed by atoms with Crippen LogP contribution < -0.4 is 14.8 Å². The summed E-state index contributed by atoms with van der Waals surface area (Å²) in [5.41, 5.74) is 2.07. The normalized spacial score (nSPS) is 13.0. The summed E-state index contributed by atoms with van der Waals surface area (Å²) in [6.45, 7) is 0.638. The van der Waals surface area contributed by atoms with E-state index in [0.29, 0.717) is 29.2 Å². The summed E-state index contributed by atoms with van der Waals surface area (Å²) in [7, 11) is 1.40. The van der Waals surface area contributed by atoms with E-state index in [9.17, 15) is 14.0 Å². The Morgan fingerprint density at radius 3 is 2.87 bits per heavy atom. The van der Waals surface area contributed by atoms with Crippen molar-refractivity contribution >= 4 is 23.5 Å². The van der Waals surface area contributed by atoms with Crippen LogP contribution in [0.25, 0.3) is 10.4 Å². The fraction of sp³-hybridized carbons (Fsp3) is 0.261. The smallest absolute Gasteiger partial charge is 0.257 e. The lowest BCUT2D eigenvalue weighted by atomic mass is 10.1. The molecule has 0 atom stereocenters. The van der Waals surface area contributed by atoms with Gasteiger partial charge in [-0.05, 0) is 54.0 Å².